The Hall–Kier alpha value is -3.96. The van der Waals surface area contributed by atoms with Gasteiger partial charge in [0.1, 0.15) is 17.7 Å². The molecule has 5 atom stereocenters. The molecule has 4 heterocycles. The van der Waals surface area contributed by atoms with Gasteiger partial charge in [0.05, 0.1) is 30.8 Å². The third-order valence-corrected chi connectivity index (χ3v) is 6.77. The number of carboxylic acid groups (broad SMARTS) is 2. The van der Waals surface area contributed by atoms with E-state index in [1.807, 2.05) is 6.07 Å². The average Bonchev–Trinajstić information content (AvgIpc) is 3.26. The van der Waals surface area contributed by atoms with Gasteiger partial charge in [-0.25, -0.2) is 14.2 Å². The molecule has 4 N–H and O–H groups in total. The van der Waals surface area contributed by atoms with E-state index in [9.17, 15) is 19.5 Å². The quantitative estimate of drug-likeness (QED) is 0.271. The van der Waals surface area contributed by atoms with Crippen molar-refractivity contribution in [2.24, 2.45) is 11.8 Å². The van der Waals surface area contributed by atoms with Gasteiger partial charge in [-0.2, -0.15) is 0 Å². The fourth-order valence-electron chi connectivity index (χ4n) is 4.83. The van der Waals surface area contributed by atoms with E-state index in [2.05, 4.69) is 46.9 Å². The first-order chi connectivity index (χ1) is 17.1. The highest BCUT2D eigenvalue weighted by Gasteiger charge is 2.45. The minimum absolute atomic E-state index is 0.0764. The number of nitrogens with one attached hydrogen (secondary N) is 1. The molecule has 36 heavy (non-hydrogen) atoms. The number of para-hydroxylation sites is 1. The van der Waals surface area contributed by atoms with Crippen LogP contribution in [-0.4, -0.2) is 63.6 Å². The summed E-state index contributed by atoms with van der Waals surface area (Å²) in [5.41, 5.74) is 4.19. The summed E-state index contributed by atoms with van der Waals surface area (Å²) in [4.78, 5) is 35.2. The number of H-pyrrole nitrogens is 1. The van der Waals surface area contributed by atoms with E-state index in [-0.39, 0.29) is 23.9 Å². The molecule has 2 aliphatic heterocycles. The fraction of sp³-hybridized carbons (Fsp3) is 0.360. The lowest BCUT2D eigenvalue weighted by molar-refractivity contribution is -0.717. The van der Waals surface area contributed by atoms with Crippen molar-refractivity contribution >= 4 is 39.7 Å². The smallest absolute Gasteiger partial charge is 0.337 e. The van der Waals surface area contributed by atoms with E-state index >= 15 is 0 Å². The standard InChI is InChI=1S/C21H20N2O3.C4H6O6/c1-12-16-10-23-8-7-14-13-5-3-4-6-18(13)22-20(14)19(23)9-15(16)17(11-26-12)21(24)25-2;5-1(3(7)8)2(6)4(9)10/h3-8,11-12,15-16H,9-10H2,1-2H3;1-2,5-6H,(H,7,8)(H,9,10)/t12-,15-,16+;1-,2-/m01/s1. The van der Waals surface area contributed by atoms with E-state index in [1.54, 1.807) is 6.26 Å². The zero-order valence-electron chi connectivity index (χ0n) is 19.6. The summed E-state index contributed by atoms with van der Waals surface area (Å²) in [5.74, 6) is -3.74. The van der Waals surface area contributed by atoms with Gasteiger partial charge < -0.3 is 39.7 Å². The molecule has 190 valence electrons. The number of hydrogen-bond acceptors (Lipinski definition) is 8. The predicted octanol–water partition coefficient (Wildman–Crippen LogP) is -0.585. The number of ether oxygens (including phenoxy) is 2. The number of aliphatic hydroxyl groups excluding tert-OH is 2. The summed E-state index contributed by atoms with van der Waals surface area (Å²) in [7, 11) is 1.43. The van der Waals surface area contributed by atoms with Crippen LogP contribution in [0.25, 0.3) is 21.8 Å². The van der Waals surface area contributed by atoms with Crippen molar-refractivity contribution < 1.29 is 48.9 Å². The third-order valence-electron chi connectivity index (χ3n) is 6.77. The van der Waals surface area contributed by atoms with E-state index in [0.29, 0.717) is 5.57 Å². The SMILES string of the molecule is COC(=O)C1=CO[C@@H](C)[C@H]2C[n+]3ccc4c([nH]c5ccccc54)c3C[C@H]12.O=C([O-])[C@H](O)[C@@H](O)C(=O)O. The van der Waals surface area contributed by atoms with Crippen molar-refractivity contribution in [3.63, 3.8) is 0 Å². The predicted molar refractivity (Wildman–Crippen MR) is 122 cm³/mol. The number of aliphatic carboxylic acids is 2. The average molecular weight is 498 g/mol. The number of esters is 1. The Labute approximate surface area is 205 Å². The summed E-state index contributed by atoms with van der Waals surface area (Å²) < 4.78 is 13.0. The lowest BCUT2D eigenvalue weighted by atomic mass is 9.76. The van der Waals surface area contributed by atoms with Gasteiger partial charge in [-0.15, -0.1) is 0 Å². The first kappa shape index (κ1) is 25.1. The number of aromatic nitrogens is 2. The molecule has 2 aromatic heterocycles. The molecule has 2 aliphatic rings. The first-order valence-corrected chi connectivity index (χ1v) is 11.3. The van der Waals surface area contributed by atoms with Gasteiger partial charge in [0.15, 0.2) is 18.8 Å². The lowest BCUT2D eigenvalue weighted by Crippen LogP contribution is -2.53. The number of benzene rings is 1. The molecule has 0 spiro atoms. The highest BCUT2D eigenvalue weighted by molar-refractivity contribution is 6.07. The van der Waals surface area contributed by atoms with Crippen molar-refractivity contribution in [3.05, 3.63) is 54.1 Å². The van der Waals surface area contributed by atoms with Gasteiger partial charge in [-0.1, -0.05) is 18.2 Å². The molecule has 0 saturated carbocycles. The topological polar surface area (TPSA) is 173 Å². The maximum atomic E-state index is 12.3. The number of pyridine rings is 1. The second-order valence-electron chi connectivity index (χ2n) is 8.80. The van der Waals surface area contributed by atoms with Crippen LogP contribution in [0.3, 0.4) is 0 Å². The van der Waals surface area contributed by atoms with Crippen LogP contribution >= 0.6 is 0 Å². The van der Waals surface area contributed by atoms with Crippen LogP contribution < -0.4 is 9.67 Å². The van der Waals surface area contributed by atoms with Crippen LogP contribution in [-0.2, 0) is 36.8 Å². The molecule has 0 radical (unpaired) electrons. The molecule has 1 aromatic carbocycles. The van der Waals surface area contributed by atoms with Crippen molar-refractivity contribution in [2.75, 3.05) is 7.11 Å². The van der Waals surface area contributed by atoms with E-state index in [4.69, 9.17) is 24.8 Å². The number of rotatable bonds is 4. The Morgan fingerprint density at radius 2 is 1.89 bits per heavy atom. The van der Waals surface area contributed by atoms with Gasteiger partial charge in [-0.05, 0) is 13.0 Å². The van der Waals surface area contributed by atoms with Crippen molar-refractivity contribution in [1.29, 1.82) is 0 Å². The van der Waals surface area contributed by atoms with Crippen molar-refractivity contribution in [2.45, 2.75) is 38.2 Å². The molecular formula is C25H26N2O9. The molecule has 11 nitrogen and oxygen atoms in total. The zero-order chi connectivity index (χ0) is 26.1. The minimum Gasteiger partial charge on any atom is -0.547 e. The van der Waals surface area contributed by atoms with Crippen LogP contribution in [0, 0.1) is 11.8 Å². The summed E-state index contributed by atoms with van der Waals surface area (Å²) in [6.45, 7) is 2.91. The normalized spacial score (nSPS) is 22.1. The summed E-state index contributed by atoms with van der Waals surface area (Å²) >= 11 is 0. The van der Waals surface area contributed by atoms with Gasteiger partial charge in [0.25, 0.3) is 0 Å². The Bertz CT molecular complexity index is 1340. The molecule has 0 fully saturated rings. The Morgan fingerprint density at radius 1 is 1.17 bits per heavy atom. The van der Waals surface area contributed by atoms with Gasteiger partial charge in [0.2, 0.25) is 5.69 Å². The largest absolute Gasteiger partial charge is 0.547 e. The van der Waals surface area contributed by atoms with Crippen LogP contribution in [0.5, 0.6) is 0 Å². The minimum atomic E-state index is -2.38. The number of carboxylic acids is 2. The fourth-order valence-corrected chi connectivity index (χ4v) is 4.83. The molecule has 0 bridgehead atoms. The molecule has 0 unspecified atom stereocenters. The van der Waals surface area contributed by atoms with E-state index in [0.717, 1.165) is 24.0 Å². The Balaban J connectivity index is 0.000000261. The van der Waals surface area contributed by atoms with Crippen molar-refractivity contribution in [1.82, 2.24) is 4.98 Å². The molecule has 11 heteroatoms. The zero-order valence-corrected chi connectivity index (χ0v) is 19.6. The number of nitrogens with zero attached hydrogens (tertiary/aromatic N) is 1. The Kier molecular flexibility index (Phi) is 6.95. The maximum absolute atomic E-state index is 12.3. The van der Waals surface area contributed by atoms with Crippen LogP contribution in [0.2, 0.25) is 0 Å². The monoisotopic (exact) mass is 498 g/mol. The first-order valence-electron chi connectivity index (χ1n) is 11.3. The van der Waals surface area contributed by atoms with Gasteiger partial charge in [0, 0.05) is 34.7 Å². The summed E-state index contributed by atoms with van der Waals surface area (Å²) in [6, 6.07) is 10.5. The van der Waals surface area contributed by atoms with E-state index < -0.39 is 24.1 Å². The summed E-state index contributed by atoms with van der Waals surface area (Å²) in [6.07, 6.45) is -0.0611. The van der Waals surface area contributed by atoms with Crippen LogP contribution in [0.1, 0.15) is 12.6 Å². The highest BCUT2D eigenvalue weighted by Crippen LogP contribution is 2.38. The maximum Gasteiger partial charge on any atom is 0.337 e. The number of aromatic amines is 1. The lowest BCUT2D eigenvalue weighted by Gasteiger charge is -2.36. The van der Waals surface area contributed by atoms with Crippen molar-refractivity contribution in [3.8, 4) is 0 Å². The second-order valence-corrected chi connectivity index (χ2v) is 8.80. The van der Waals surface area contributed by atoms with Crippen LogP contribution in [0.15, 0.2) is 48.4 Å². The molecule has 0 saturated heterocycles. The molecular weight excluding hydrogens is 472 g/mol. The third kappa shape index (κ3) is 4.50. The Morgan fingerprint density at radius 3 is 2.53 bits per heavy atom. The summed E-state index contributed by atoms with van der Waals surface area (Å²) in [5, 5.41) is 36.6. The number of carbonyl (C=O) groups is 3. The molecule has 3 aromatic rings. The number of aliphatic hydroxyl groups is 2. The highest BCUT2D eigenvalue weighted by atomic mass is 16.5. The molecule has 5 rings (SSSR count). The number of hydrogen-bond donors (Lipinski definition) is 4. The van der Waals surface area contributed by atoms with E-state index in [1.165, 1.54) is 23.6 Å². The molecule has 0 amide bonds. The number of methoxy groups -OCH3 is 1. The second kappa shape index (κ2) is 9.96. The molecule has 0 aliphatic carbocycles. The van der Waals surface area contributed by atoms with Gasteiger partial charge in [-0.3, -0.25) is 0 Å². The number of carbonyl (C=O) groups excluding carboxylic acids is 2. The number of fused-ring (bicyclic) bond motifs is 6. The van der Waals surface area contributed by atoms with Gasteiger partial charge >= 0.3 is 11.9 Å². The van der Waals surface area contributed by atoms with Crippen LogP contribution in [0.4, 0.5) is 0 Å².